The lowest BCUT2D eigenvalue weighted by atomic mass is 10.1. The fraction of sp³-hybridized carbons (Fsp3) is 0.167. The molecule has 1 aromatic carbocycles. The summed E-state index contributed by atoms with van der Waals surface area (Å²) in [6.07, 6.45) is 1.44. The number of carbonyl (C=O) groups excluding carboxylic acids is 1. The fourth-order valence-corrected chi connectivity index (χ4v) is 2.28. The van der Waals surface area contributed by atoms with Gasteiger partial charge in [0.05, 0.1) is 13.3 Å². The number of hydrogen-bond donors (Lipinski definition) is 0. The van der Waals surface area contributed by atoms with Crippen molar-refractivity contribution in [3.8, 4) is 10.6 Å². The van der Waals surface area contributed by atoms with E-state index in [9.17, 15) is 9.18 Å². The highest BCUT2D eigenvalue weighted by Crippen LogP contribution is 2.26. The highest BCUT2D eigenvalue weighted by Gasteiger charge is 2.12. The number of hydrogen-bond acceptors (Lipinski definition) is 4. The number of halogens is 1. The Labute approximate surface area is 102 Å². The highest BCUT2D eigenvalue weighted by atomic mass is 32.1. The van der Waals surface area contributed by atoms with Crippen LogP contribution in [0.2, 0.25) is 0 Å². The predicted octanol–water partition coefficient (Wildman–Crippen LogP) is 3.04. The molecule has 1 heterocycles. The van der Waals surface area contributed by atoms with Gasteiger partial charge in [-0.2, -0.15) is 0 Å². The van der Waals surface area contributed by atoms with E-state index in [0.717, 1.165) is 5.56 Å². The van der Waals surface area contributed by atoms with Crippen LogP contribution in [0.5, 0.6) is 0 Å². The van der Waals surface area contributed by atoms with Gasteiger partial charge in [0.1, 0.15) is 15.7 Å². The van der Waals surface area contributed by atoms with E-state index in [1.807, 2.05) is 6.07 Å². The first-order valence-electron chi connectivity index (χ1n) is 4.92. The molecule has 17 heavy (non-hydrogen) atoms. The highest BCUT2D eigenvalue weighted by molar-refractivity contribution is 7.16. The molecule has 0 radical (unpaired) electrons. The monoisotopic (exact) mass is 251 g/mol. The van der Waals surface area contributed by atoms with E-state index >= 15 is 0 Å². The van der Waals surface area contributed by atoms with Crippen molar-refractivity contribution in [1.29, 1.82) is 0 Å². The number of esters is 1. The zero-order chi connectivity index (χ0) is 12.4. The predicted molar refractivity (Wildman–Crippen MR) is 63.6 cm³/mol. The van der Waals surface area contributed by atoms with E-state index in [-0.39, 0.29) is 5.82 Å². The van der Waals surface area contributed by atoms with E-state index in [1.54, 1.807) is 6.92 Å². The Bertz CT molecular complexity index is 545. The van der Waals surface area contributed by atoms with Gasteiger partial charge in [-0.25, -0.2) is 14.2 Å². The van der Waals surface area contributed by atoms with Crippen LogP contribution in [0.3, 0.4) is 0 Å². The Morgan fingerprint density at radius 2 is 2.18 bits per heavy atom. The van der Waals surface area contributed by atoms with Crippen molar-refractivity contribution < 1.29 is 13.9 Å². The summed E-state index contributed by atoms with van der Waals surface area (Å²) < 4.78 is 17.8. The standard InChI is InChI=1S/C12H10FNO2S/c1-7-3-8(5-9(13)4-7)11-14-6-10(17-11)12(15)16-2/h3-6H,1-2H3. The van der Waals surface area contributed by atoms with Crippen LogP contribution in [0.25, 0.3) is 10.6 Å². The lowest BCUT2D eigenvalue weighted by Crippen LogP contribution is -1.96. The van der Waals surface area contributed by atoms with Crippen molar-refractivity contribution >= 4 is 17.3 Å². The number of rotatable bonds is 2. The molecular weight excluding hydrogens is 241 g/mol. The van der Waals surface area contributed by atoms with Crippen LogP contribution in [0.4, 0.5) is 4.39 Å². The van der Waals surface area contributed by atoms with Crippen LogP contribution < -0.4 is 0 Å². The molecule has 0 atom stereocenters. The minimum atomic E-state index is -0.429. The smallest absolute Gasteiger partial charge is 0.349 e. The van der Waals surface area contributed by atoms with Gasteiger partial charge in [0.25, 0.3) is 0 Å². The Morgan fingerprint density at radius 1 is 1.41 bits per heavy atom. The van der Waals surface area contributed by atoms with Crippen LogP contribution >= 0.6 is 11.3 Å². The van der Waals surface area contributed by atoms with Crippen LogP contribution in [0.15, 0.2) is 24.4 Å². The van der Waals surface area contributed by atoms with E-state index in [0.29, 0.717) is 15.4 Å². The molecule has 0 spiro atoms. The van der Waals surface area contributed by atoms with Gasteiger partial charge in [0.15, 0.2) is 0 Å². The van der Waals surface area contributed by atoms with Crippen molar-refractivity contribution in [2.75, 3.05) is 7.11 Å². The number of benzene rings is 1. The first-order valence-corrected chi connectivity index (χ1v) is 5.73. The second-order valence-electron chi connectivity index (χ2n) is 3.54. The van der Waals surface area contributed by atoms with Crippen LogP contribution in [0, 0.1) is 12.7 Å². The number of methoxy groups -OCH3 is 1. The molecule has 1 aromatic heterocycles. The summed E-state index contributed by atoms with van der Waals surface area (Å²) in [6.45, 7) is 1.81. The quantitative estimate of drug-likeness (QED) is 0.770. The maximum Gasteiger partial charge on any atom is 0.349 e. The first-order chi connectivity index (χ1) is 8.10. The summed E-state index contributed by atoms with van der Waals surface area (Å²) in [6, 6.07) is 4.66. The maximum atomic E-state index is 13.2. The Hall–Kier alpha value is -1.75. The van der Waals surface area contributed by atoms with Crippen molar-refractivity contribution in [3.05, 3.63) is 40.7 Å². The zero-order valence-electron chi connectivity index (χ0n) is 9.36. The summed E-state index contributed by atoms with van der Waals surface area (Å²) >= 11 is 1.18. The van der Waals surface area contributed by atoms with Gasteiger partial charge >= 0.3 is 5.97 Å². The van der Waals surface area contributed by atoms with Crippen molar-refractivity contribution in [1.82, 2.24) is 4.98 Å². The topological polar surface area (TPSA) is 39.2 Å². The number of carbonyl (C=O) groups is 1. The normalized spacial score (nSPS) is 10.3. The third-order valence-corrected chi connectivity index (χ3v) is 3.21. The van der Waals surface area contributed by atoms with Gasteiger partial charge in [0.2, 0.25) is 0 Å². The molecule has 3 nitrogen and oxygen atoms in total. The van der Waals surface area contributed by atoms with Gasteiger partial charge in [-0.05, 0) is 30.7 Å². The first kappa shape index (κ1) is 11.7. The molecule has 0 aliphatic rings. The Morgan fingerprint density at radius 3 is 2.82 bits per heavy atom. The summed E-state index contributed by atoms with van der Waals surface area (Å²) in [7, 11) is 1.31. The van der Waals surface area contributed by atoms with Crippen molar-refractivity contribution in [3.63, 3.8) is 0 Å². The largest absolute Gasteiger partial charge is 0.465 e. The van der Waals surface area contributed by atoms with Gasteiger partial charge in [-0.3, -0.25) is 0 Å². The number of aryl methyl sites for hydroxylation is 1. The molecule has 88 valence electrons. The number of thiazole rings is 1. The molecule has 0 amide bonds. The summed E-state index contributed by atoms with van der Waals surface area (Å²) in [5.41, 5.74) is 1.48. The minimum Gasteiger partial charge on any atom is -0.465 e. The molecule has 0 aliphatic heterocycles. The molecule has 0 aliphatic carbocycles. The van der Waals surface area contributed by atoms with E-state index in [4.69, 9.17) is 0 Å². The molecule has 2 rings (SSSR count). The van der Waals surface area contributed by atoms with Gasteiger partial charge in [-0.15, -0.1) is 11.3 Å². The SMILES string of the molecule is COC(=O)c1cnc(-c2cc(C)cc(F)c2)s1. The van der Waals surface area contributed by atoms with Crippen LogP contribution in [-0.2, 0) is 4.74 Å². The molecular formula is C12H10FNO2S. The fourth-order valence-electron chi connectivity index (χ4n) is 1.46. The average molecular weight is 251 g/mol. The molecule has 0 saturated heterocycles. The summed E-state index contributed by atoms with van der Waals surface area (Å²) in [5, 5.41) is 0.605. The van der Waals surface area contributed by atoms with Gasteiger partial charge in [0, 0.05) is 5.56 Å². The Kier molecular flexibility index (Phi) is 3.19. The van der Waals surface area contributed by atoms with Crippen molar-refractivity contribution in [2.24, 2.45) is 0 Å². The molecule has 5 heteroatoms. The lowest BCUT2D eigenvalue weighted by molar-refractivity contribution is 0.0606. The minimum absolute atomic E-state index is 0.310. The third kappa shape index (κ3) is 2.50. The molecule has 2 aromatic rings. The van der Waals surface area contributed by atoms with Crippen LogP contribution in [0.1, 0.15) is 15.2 Å². The van der Waals surface area contributed by atoms with Crippen LogP contribution in [-0.4, -0.2) is 18.1 Å². The molecule has 0 N–H and O–H groups in total. The number of aromatic nitrogens is 1. The average Bonchev–Trinajstić information content (AvgIpc) is 2.76. The van der Waals surface area contributed by atoms with Crippen molar-refractivity contribution in [2.45, 2.75) is 6.92 Å². The Balaban J connectivity index is 2.40. The molecule has 0 fully saturated rings. The van der Waals surface area contributed by atoms with Gasteiger partial charge in [-0.1, -0.05) is 0 Å². The lowest BCUT2D eigenvalue weighted by Gasteiger charge is -1.99. The third-order valence-electron chi connectivity index (χ3n) is 2.18. The van der Waals surface area contributed by atoms with E-state index < -0.39 is 5.97 Å². The zero-order valence-corrected chi connectivity index (χ0v) is 10.2. The maximum absolute atomic E-state index is 13.2. The van der Waals surface area contributed by atoms with E-state index in [1.165, 1.54) is 36.8 Å². The second-order valence-corrected chi connectivity index (χ2v) is 4.57. The molecule has 0 bridgehead atoms. The summed E-state index contributed by atoms with van der Waals surface area (Å²) in [5.74, 6) is -0.739. The second kappa shape index (κ2) is 4.63. The molecule has 0 saturated carbocycles. The number of ether oxygens (including phenoxy) is 1. The summed E-state index contributed by atoms with van der Waals surface area (Å²) in [4.78, 5) is 15.8. The van der Waals surface area contributed by atoms with E-state index in [2.05, 4.69) is 9.72 Å². The van der Waals surface area contributed by atoms with Gasteiger partial charge < -0.3 is 4.74 Å². The molecule has 0 unspecified atom stereocenters. The number of nitrogens with zero attached hydrogens (tertiary/aromatic N) is 1.